The van der Waals surface area contributed by atoms with Gasteiger partial charge < -0.3 is 13.7 Å². The maximum absolute atomic E-state index is 15.9. The van der Waals surface area contributed by atoms with Crippen LogP contribution in [0.5, 0.6) is 0 Å². The standard InChI is InChI=1S/C61H41N2OP.2C37H27N2OP/c1-2-58-62-54-21-12-22-56-61(54)63(58)55-34-32-46(38-57(55)65(56,64)49-17-4-3-5-18-49)42-25-23-41(24-26-42)45-31-33-52-53(37-45)60(48-30-28-40-14-7-9-16-44(40)36-48)51-20-11-10-19-50(51)59(52)47-29-27-39-13-6-8-15-43(39)35-47;1-2-36-38-32-14-9-15-34-37(32)39(36)33-21-20-30(24-35(33)41(34,40)31-12-7-4-8-13-31)29-19-18-27-22-26(16-17-28(27)23-29)25-10-5-3-6-11-25;1-2-36-38-32-13-8-14-34-37(32)39(36)33-22-21-30(24-35(33)41(34,40)31-11-4-3-5-12-31)27-17-15-26(16-18-27)29-20-19-25-9-6-7-10-28(25)23-29/h3-38H,2H2,1H3;2*3-24H,2H2,1H3. The predicted molar refractivity (Wildman–Crippen MR) is 619 cm³/mol. The van der Waals surface area contributed by atoms with Crippen molar-refractivity contribution in [2.45, 2.75) is 40.0 Å². The van der Waals surface area contributed by atoms with E-state index in [1.54, 1.807) is 0 Å². The number of nitrogens with zero attached hydrogens (tertiary/aromatic N) is 6. The summed E-state index contributed by atoms with van der Waals surface area (Å²) >= 11 is 0. The molecule has 3 aliphatic heterocycles. The van der Waals surface area contributed by atoms with Gasteiger partial charge >= 0.3 is 0 Å². The molecule has 0 fully saturated rings. The van der Waals surface area contributed by atoms with Crippen molar-refractivity contribution in [1.82, 2.24) is 28.7 Å². The SMILES string of the molecule is CCc1nc2cccc3c2n1-c1ccc(-c2ccc(-c4ccc5c(-c6ccc7ccccc7c6)c6ccccc6c(-c6ccc7ccccc7c6)c5c4)cc2)cc1P3(=O)c1ccccc1.CCc1nc2cccc3c2n1-c1ccc(-c2ccc(-c4ccc5ccccc5c4)cc2)cc1P3(=O)c1ccccc1.CCc1nc2cccc3c2n1-c1ccc(-c2ccc4cc(-c5ccccc5)ccc4c2)cc1P3(=O)c1ccccc1. The lowest BCUT2D eigenvalue weighted by Gasteiger charge is -2.29. The van der Waals surface area contributed by atoms with E-state index in [-0.39, 0.29) is 0 Å². The summed E-state index contributed by atoms with van der Waals surface area (Å²) in [6.07, 6.45) is 2.35. The van der Waals surface area contributed by atoms with E-state index in [9.17, 15) is 0 Å². The normalized spacial score (nSPS) is 15.1. The fourth-order valence-corrected chi connectivity index (χ4v) is 32.4. The molecule has 0 aliphatic carbocycles. The molecule has 0 saturated heterocycles. The van der Waals surface area contributed by atoms with E-state index >= 15 is 13.7 Å². The second-order valence-corrected chi connectivity index (χ2v) is 46.7. The van der Waals surface area contributed by atoms with Crippen molar-refractivity contribution < 1.29 is 13.7 Å². The molecule has 6 heterocycles. The van der Waals surface area contributed by atoms with Gasteiger partial charge in [0, 0.05) is 67.0 Å². The zero-order valence-electron chi connectivity index (χ0n) is 81.1. The van der Waals surface area contributed by atoms with Gasteiger partial charge in [-0.1, -0.05) is 397 Å². The molecule has 0 saturated carbocycles. The maximum Gasteiger partial charge on any atom is 0.175 e. The number of para-hydroxylation sites is 3. The van der Waals surface area contributed by atoms with Crippen molar-refractivity contribution >= 4 is 167 Å². The number of imidazole rings is 3. The van der Waals surface area contributed by atoms with Gasteiger partial charge in [-0.2, -0.15) is 0 Å². The number of benzene rings is 23. The Labute approximate surface area is 851 Å². The summed E-state index contributed by atoms with van der Waals surface area (Å²) in [7, 11) is -9.56. The monoisotopic (exact) mass is 1940 g/mol. The number of hydrogen-bond acceptors (Lipinski definition) is 6. The lowest BCUT2D eigenvalue weighted by Crippen LogP contribution is -2.33. The van der Waals surface area contributed by atoms with Crippen LogP contribution in [-0.2, 0) is 33.0 Å². The Morgan fingerprint density at radius 3 is 0.776 bits per heavy atom. The minimum Gasteiger partial charge on any atom is -0.308 e. The predicted octanol–water partition coefficient (Wildman–Crippen LogP) is 30.9. The summed E-state index contributed by atoms with van der Waals surface area (Å²) in [5.74, 6) is 2.95. The van der Waals surface area contributed by atoms with Gasteiger partial charge in [0.25, 0.3) is 0 Å². The van der Waals surface area contributed by atoms with Crippen LogP contribution in [0.2, 0.25) is 0 Å². The molecule has 3 unspecified atom stereocenters. The van der Waals surface area contributed by atoms with E-state index in [0.29, 0.717) is 0 Å². The highest BCUT2D eigenvalue weighted by molar-refractivity contribution is 7.87. The fraction of sp³-hybridized carbons (Fsp3) is 0.0444. The number of aromatic nitrogens is 6. The van der Waals surface area contributed by atoms with Gasteiger partial charge in [0.05, 0.1) is 50.2 Å². The topological polar surface area (TPSA) is 105 Å². The smallest absolute Gasteiger partial charge is 0.175 e. The summed E-state index contributed by atoms with van der Waals surface area (Å²) in [6.45, 7) is 6.39. The molecule has 3 aromatic heterocycles. The molecule has 9 nitrogen and oxygen atoms in total. The van der Waals surface area contributed by atoms with Crippen LogP contribution in [-0.4, -0.2) is 28.7 Å². The molecule has 0 N–H and O–H groups in total. The molecule has 0 amide bonds. The Balaban J connectivity index is 0.000000114. The molecule has 0 spiro atoms. The van der Waals surface area contributed by atoms with E-state index in [0.717, 1.165) is 179 Å². The summed E-state index contributed by atoms with van der Waals surface area (Å²) < 4.78 is 53.5. The van der Waals surface area contributed by atoms with Crippen molar-refractivity contribution in [3.05, 3.63) is 503 Å². The van der Waals surface area contributed by atoms with Crippen LogP contribution >= 0.6 is 21.4 Å². The average molecular weight is 1940 g/mol. The summed E-state index contributed by atoms with van der Waals surface area (Å²) in [6, 6.07) is 171. The number of hydrogen-bond donors (Lipinski definition) is 0. The molecule has 26 aromatic rings. The van der Waals surface area contributed by atoms with E-state index in [2.05, 4.69) is 368 Å². The lowest BCUT2D eigenvalue weighted by molar-refractivity contribution is 0.591. The van der Waals surface area contributed by atoms with Gasteiger partial charge in [0.1, 0.15) is 17.5 Å². The fourth-order valence-electron chi connectivity index (χ4n) is 23.3. The van der Waals surface area contributed by atoms with Crippen molar-refractivity contribution in [2.75, 3.05) is 0 Å². The molecule has 3 aliphatic rings. The third-order valence-electron chi connectivity index (χ3n) is 30.4. The summed E-state index contributed by atoms with van der Waals surface area (Å²) in [4.78, 5) is 14.9. The molecule has 3 atom stereocenters. The minimum absolute atomic E-state index is 0.770. The van der Waals surface area contributed by atoms with E-state index in [1.165, 1.54) is 109 Å². The van der Waals surface area contributed by atoms with Crippen molar-refractivity contribution in [1.29, 1.82) is 0 Å². The molecule has 0 bridgehead atoms. The first-order valence-electron chi connectivity index (χ1n) is 50.6. The van der Waals surface area contributed by atoms with Crippen molar-refractivity contribution in [3.8, 4) is 106 Å². The molecule has 23 aromatic carbocycles. The Morgan fingerprint density at radius 1 is 0.184 bits per heavy atom. The van der Waals surface area contributed by atoms with Gasteiger partial charge in [-0.25, -0.2) is 15.0 Å². The number of rotatable bonds is 14. The van der Waals surface area contributed by atoms with Crippen LogP contribution in [0.3, 0.4) is 0 Å². The second-order valence-electron chi connectivity index (χ2n) is 38.6. The van der Waals surface area contributed by atoms with Gasteiger partial charge in [0.2, 0.25) is 0 Å². The second kappa shape index (κ2) is 35.6. The highest BCUT2D eigenvalue weighted by Crippen LogP contribution is 2.56. The molecule has 147 heavy (non-hydrogen) atoms. The van der Waals surface area contributed by atoms with Gasteiger partial charge in [-0.05, 0) is 263 Å². The van der Waals surface area contributed by atoms with E-state index < -0.39 is 21.4 Å². The summed E-state index contributed by atoms with van der Waals surface area (Å²) in [5, 5.41) is 22.4. The van der Waals surface area contributed by atoms with Gasteiger partial charge in [0.15, 0.2) is 21.4 Å². The van der Waals surface area contributed by atoms with Gasteiger partial charge in [-0.15, -0.1) is 0 Å². The van der Waals surface area contributed by atoms with E-state index in [1.807, 2.05) is 152 Å². The highest BCUT2D eigenvalue weighted by Gasteiger charge is 2.44. The first-order chi connectivity index (χ1) is 72.3. The van der Waals surface area contributed by atoms with Crippen LogP contribution < -0.4 is 47.7 Å². The van der Waals surface area contributed by atoms with Gasteiger partial charge in [-0.3, -0.25) is 13.7 Å². The first kappa shape index (κ1) is 88.6. The van der Waals surface area contributed by atoms with Crippen LogP contribution in [0.25, 0.3) is 204 Å². The molecular formula is C135H95N6O3P3. The van der Waals surface area contributed by atoms with Crippen molar-refractivity contribution in [3.63, 3.8) is 0 Å². The molecule has 12 heteroatoms. The average Bonchev–Trinajstić information content (AvgIpc) is 1.62. The van der Waals surface area contributed by atoms with Crippen LogP contribution in [0.1, 0.15) is 38.2 Å². The highest BCUT2D eigenvalue weighted by atomic mass is 31.2. The van der Waals surface area contributed by atoms with Crippen LogP contribution in [0.15, 0.2) is 485 Å². The molecule has 29 rings (SSSR count). The van der Waals surface area contributed by atoms with Crippen LogP contribution in [0, 0.1) is 0 Å². The van der Waals surface area contributed by atoms with E-state index in [4.69, 9.17) is 15.0 Å². The zero-order valence-corrected chi connectivity index (χ0v) is 83.7. The third kappa shape index (κ3) is 14.5. The minimum atomic E-state index is -3.25. The Hall–Kier alpha value is -17.3. The Morgan fingerprint density at radius 2 is 0.422 bits per heavy atom. The number of aryl methyl sites for hydroxylation is 3. The summed E-state index contributed by atoms with van der Waals surface area (Å²) in [5.41, 5.74) is 26.9. The quantitative estimate of drug-likeness (QED) is 0.0793. The molecule has 698 valence electrons. The molecular weight excluding hydrogens is 1850 g/mol. The Bertz CT molecular complexity index is 10100. The zero-order chi connectivity index (χ0) is 98.3. The first-order valence-corrected chi connectivity index (χ1v) is 55.7. The number of fused-ring (bicyclic) bond motifs is 12. The maximum atomic E-state index is 15.9. The third-order valence-corrected chi connectivity index (χ3v) is 39.7. The molecule has 0 radical (unpaired) electrons. The van der Waals surface area contributed by atoms with Crippen molar-refractivity contribution in [2.24, 2.45) is 0 Å². The Kier molecular flexibility index (Phi) is 21.5. The largest absolute Gasteiger partial charge is 0.308 e. The lowest BCUT2D eigenvalue weighted by atomic mass is 9.84. The van der Waals surface area contributed by atoms with Crippen LogP contribution in [0.4, 0.5) is 0 Å².